The molecule has 7 nitrogen and oxygen atoms in total. The molecule has 8 heteroatoms. The molecule has 2 unspecified atom stereocenters. The summed E-state index contributed by atoms with van der Waals surface area (Å²) < 4.78 is 10.5. The molecule has 1 aromatic rings. The topological polar surface area (TPSA) is 94.5 Å². The van der Waals surface area contributed by atoms with Crippen LogP contribution in [0.4, 0.5) is 0 Å². The van der Waals surface area contributed by atoms with E-state index in [1.807, 2.05) is 20.8 Å². The van der Waals surface area contributed by atoms with Crippen LogP contribution in [-0.4, -0.2) is 40.1 Å². The van der Waals surface area contributed by atoms with Crippen molar-refractivity contribution >= 4 is 18.3 Å². The van der Waals surface area contributed by atoms with E-state index in [9.17, 15) is 4.79 Å². The summed E-state index contributed by atoms with van der Waals surface area (Å²) in [5.74, 6) is 0.721. The Morgan fingerprint density at radius 2 is 2.14 bits per heavy atom. The van der Waals surface area contributed by atoms with E-state index >= 15 is 0 Å². The summed E-state index contributed by atoms with van der Waals surface area (Å²) in [5.41, 5.74) is 5.17. The summed E-state index contributed by atoms with van der Waals surface area (Å²) in [7, 11) is 1.68. The van der Waals surface area contributed by atoms with Crippen molar-refractivity contribution < 1.29 is 14.1 Å². The largest absolute Gasteiger partial charge is 0.371 e. The van der Waals surface area contributed by atoms with Gasteiger partial charge in [-0.05, 0) is 27.2 Å². The molecular weight excluding hydrogens is 308 g/mol. The van der Waals surface area contributed by atoms with Crippen LogP contribution < -0.4 is 5.73 Å². The minimum atomic E-state index is -0.870. The smallest absolute Gasteiger partial charge is 0.246 e. The molecule has 1 amide bonds. The first-order valence-electron chi connectivity index (χ1n) is 7.30. The van der Waals surface area contributed by atoms with Crippen LogP contribution in [0.1, 0.15) is 58.4 Å². The number of carbonyl (C=O) groups is 1. The number of amides is 1. The molecule has 0 aliphatic rings. The second kappa shape index (κ2) is 9.07. The van der Waals surface area contributed by atoms with Crippen molar-refractivity contribution in [3.63, 3.8) is 0 Å². The van der Waals surface area contributed by atoms with Crippen LogP contribution in [0.3, 0.4) is 0 Å². The Morgan fingerprint density at radius 1 is 1.50 bits per heavy atom. The van der Waals surface area contributed by atoms with E-state index in [2.05, 4.69) is 10.1 Å². The molecule has 1 heterocycles. The predicted octanol–water partition coefficient (Wildman–Crippen LogP) is 2.06. The molecule has 0 fully saturated rings. The summed E-state index contributed by atoms with van der Waals surface area (Å²) in [5, 5.41) is 3.87. The van der Waals surface area contributed by atoms with Gasteiger partial charge in [0.1, 0.15) is 6.10 Å². The van der Waals surface area contributed by atoms with Gasteiger partial charge in [-0.2, -0.15) is 4.98 Å². The highest BCUT2D eigenvalue weighted by Gasteiger charge is 2.31. The van der Waals surface area contributed by atoms with Crippen molar-refractivity contribution in [2.75, 3.05) is 13.7 Å². The Kier molecular flexibility index (Phi) is 8.58. The summed E-state index contributed by atoms with van der Waals surface area (Å²) in [4.78, 5) is 18.0. The summed E-state index contributed by atoms with van der Waals surface area (Å²) in [6.07, 6.45) is 1.25. The minimum absolute atomic E-state index is 0. The van der Waals surface area contributed by atoms with Crippen LogP contribution in [0, 0.1) is 0 Å². The number of aromatic nitrogens is 2. The second-order valence-corrected chi connectivity index (χ2v) is 5.47. The molecule has 0 saturated heterocycles. The lowest BCUT2D eigenvalue weighted by molar-refractivity contribution is -0.136. The first-order chi connectivity index (χ1) is 9.81. The third-order valence-electron chi connectivity index (χ3n) is 3.24. The van der Waals surface area contributed by atoms with Gasteiger partial charge in [-0.25, -0.2) is 0 Å². The number of halogens is 1. The van der Waals surface area contributed by atoms with Gasteiger partial charge in [0, 0.05) is 13.7 Å². The average molecular weight is 335 g/mol. The van der Waals surface area contributed by atoms with Gasteiger partial charge in [-0.3, -0.25) is 4.79 Å². The predicted molar refractivity (Wildman–Crippen MR) is 85.6 cm³/mol. The molecule has 0 bridgehead atoms. The molecule has 0 aromatic carbocycles. The summed E-state index contributed by atoms with van der Waals surface area (Å²) in [6, 6.07) is 0. The van der Waals surface area contributed by atoms with Crippen molar-refractivity contribution in [1.29, 1.82) is 0 Å². The fraction of sp³-hybridized carbons (Fsp3) is 0.786. The molecule has 1 aromatic heterocycles. The SMILES string of the molecule is CCCC(C)(N)C(=O)N(C)Cc1nc(C(C)OCC)no1.Cl. The van der Waals surface area contributed by atoms with E-state index in [4.69, 9.17) is 15.0 Å². The Bertz CT molecular complexity index is 465. The van der Waals surface area contributed by atoms with Crippen molar-refractivity contribution in [3.05, 3.63) is 11.7 Å². The fourth-order valence-corrected chi connectivity index (χ4v) is 2.16. The van der Waals surface area contributed by atoms with Gasteiger partial charge in [0.25, 0.3) is 0 Å². The molecule has 0 aliphatic heterocycles. The maximum atomic E-state index is 12.3. The van der Waals surface area contributed by atoms with Crippen LogP contribution in [-0.2, 0) is 16.1 Å². The third kappa shape index (κ3) is 5.55. The number of rotatable bonds is 8. The number of ether oxygens (including phenoxy) is 1. The van der Waals surface area contributed by atoms with Gasteiger partial charge >= 0.3 is 0 Å². The van der Waals surface area contributed by atoms with E-state index < -0.39 is 5.54 Å². The van der Waals surface area contributed by atoms with Crippen LogP contribution in [0.25, 0.3) is 0 Å². The Labute approximate surface area is 138 Å². The molecule has 0 saturated carbocycles. The zero-order valence-electron chi connectivity index (χ0n) is 14.0. The van der Waals surface area contributed by atoms with Crippen LogP contribution in [0.15, 0.2) is 4.52 Å². The van der Waals surface area contributed by atoms with Gasteiger partial charge in [-0.1, -0.05) is 18.5 Å². The Hall–Kier alpha value is -1.18. The maximum absolute atomic E-state index is 12.3. The Balaban J connectivity index is 0.00000441. The van der Waals surface area contributed by atoms with E-state index in [1.165, 1.54) is 4.90 Å². The van der Waals surface area contributed by atoms with Crippen LogP contribution in [0.5, 0.6) is 0 Å². The van der Waals surface area contributed by atoms with E-state index in [0.29, 0.717) is 24.7 Å². The molecule has 0 aliphatic carbocycles. The maximum Gasteiger partial charge on any atom is 0.246 e. The van der Waals surface area contributed by atoms with Crippen LogP contribution >= 0.6 is 12.4 Å². The summed E-state index contributed by atoms with van der Waals surface area (Å²) in [6.45, 7) is 8.31. The van der Waals surface area contributed by atoms with E-state index in [-0.39, 0.29) is 31.0 Å². The molecule has 2 N–H and O–H groups in total. The lowest BCUT2D eigenvalue weighted by atomic mass is 9.96. The van der Waals surface area contributed by atoms with Crippen molar-refractivity contribution in [1.82, 2.24) is 15.0 Å². The van der Waals surface area contributed by atoms with Crippen molar-refractivity contribution in [3.8, 4) is 0 Å². The second-order valence-electron chi connectivity index (χ2n) is 5.47. The van der Waals surface area contributed by atoms with E-state index in [0.717, 1.165) is 6.42 Å². The number of hydrogen-bond donors (Lipinski definition) is 1. The zero-order chi connectivity index (χ0) is 16.0. The normalized spacial score (nSPS) is 14.8. The molecule has 1 rings (SSSR count). The molecule has 0 radical (unpaired) electrons. The van der Waals surface area contributed by atoms with Crippen molar-refractivity contribution in [2.45, 2.75) is 58.7 Å². The number of hydrogen-bond acceptors (Lipinski definition) is 6. The Morgan fingerprint density at radius 3 is 2.68 bits per heavy atom. The molecule has 0 spiro atoms. The number of carbonyl (C=O) groups excluding carboxylic acids is 1. The first-order valence-corrected chi connectivity index (χ1v) is 7.30. The van der Waals surface area contributed by atoms with Gasteiger partial charge in [0.2, 0.25) is 11.8 Å². The third-order valence-corrected chi connectivity index (χ3v) is 3.24. The molecule has 22 heavy (non-hydrogen) atoms. The first kappa shape index (κ1) is 20.8. The highest BCUT2D eigenvalue weighted by molar-refractivity contribution is 5.85. The minimum Gasteiger partial charge on any atom is -0.371 e. The van der Waals surface area contributed by atoms with Gasteiger partial charge in [0.15, 0.2) is 5.82 Å². The zero-order valence-corrected chi connectivity index (χ0v) is 14.8. The fourth-order valence-electron chi connectivity index (χ4n) is 2.16. The number of nitrogens with two attached hydrogens (primary N) is 1. The quantitative estimate of drug-likeness (QED) is 0.782. The monoisotopic (exact) mass is 334 g/mol. The standard InChI is InChI=1S/C14H26N4O3.ClH/c1-6-8-14(4,15)13(19)18(5)9-11-16-12(17-21-11)10(3)20-7-2;/h10H,6-9,15H2,1-5H3;1H. The highest BCUT2D eigenvalue weighted by atomic mass is 35.5. The van der Waals surface area contributed by atoms with Crippen LogP contribution in [0.2, 0.25) is 0 Å². The molecule has 128 valence electrons. The van der Waals surface area contributed by atoms with Gasteiger partial charge < -0.3 is 19.9 Å². The summed E-state index contributed by atoms with van der Waals surface area (Å²) >= 11 is 0. The highest BCUT2D eigenvalue weighted by Crippen LogP contribution is 2.16. The van der Waals surface area contributed by atoms with Gasteiger partial charge in [0.05, 0.1) is 12.1 Å². The average Bonchev–Trinajstić information content (AvgIpc) is 2.86. The number of nitrogens with zero attached hydrogens (tertiary/aromatic N) is 3. The van der Waals surface area contributed by atoms with Gasteiger partial charge in [-0.15, -0.1) is 12.4 Å². The molecule has 2 atom stereocenters. The molecular formula is C14H27ClN4O3. The lowest BCUT2D eigenvalue weighted by Gasteiger charge is -2.28. The van der Waals surface area contributed by atoms with E-state index in [1.54, 1.807) is 14.0 Å². The lowest BCUT2D eigenvalue weighted by Crippen LogP contribution is -2.51. The van der Waals surface area contributed by atoms with Crippen molar-refractivity contribution in [2.24, 2.45) is 5.73 Å². The number of likely N-dealkylation sites (N-methyl/N-ethyl adjacent to an activating group) is 1.